The van der Waals surface area contributed by atoms with E-state index in [0.717, 1.165) is 11.8 Å². The van der Waals surface area contributed by atoms with Crippen molar-refractivity contribution < 1.29 is 22.7 Å². The Labute approximate surface area is 213 Å². The first-order valence-electron chi connectivity index (χ1n) is 12.5. The molecule has 1 N–H and O–H groups in total. The second-order valence-electron chi connectivity index (χ2n) is 9.93. The van der Waals surface area contributed by atoms with Crippen LogP contribution in [0.1, 0.15) is 46.7 Å². The van der Waals surface area contributed by atoms with Gasteiger partial charge in [0, 0.05) is 50.9 Å². The van der Waals surface area contributed by atoms with E-state index in [-0.39, 0.29) is 35.7 Å². The number of carbonyl (C=O) groups excluding carboxylic acids is 1. The summed E-state index contributed by atoms with van der Waals surface area (Å²) in [6.45, 7) is 9.14. The molecule has 1 amide bonds. The Kier molecular flexibility index (Phi) is 6.84. The Morgan fingerprint density at radius 1 is 1.16 bits per heavy atom. The minimum atomic E-state index is -4.46. The normalized spacial score (nSPS) is 21.0. The van der Waals surface area contributed by atoms with Gasteiger partial charge in [0.15, 0.2) is 5.69 Å². The number of imidazole rings is 1. The van der Waals surface area contributed by atoms with Crippen LogP contribution in [0.25, 0.3) is 5.78 Å². The molecule has 3 aromatic rings. The monoisotopic (exact) mass is 516 g/mol. The summed E-state index contributed by atoms with van der Waals surface area (Å²) in [6.07, 6.45) is -0.755. The zero-order valence-electron chi connectivity index (χ0n) is 21.2. The standard InChI is InChI=1S/C26H31F3N6O2/c1-16-13-34(14-17(2)31-16)24(36)23-22(11-19-5-4-6-21(18(19)3)26(27,28)29)35-15-20(12-30-25(35)32-23)33-7-9-37-10-8-33/h4-6,12,15-17,31H,7-11,13-14H2,1-3H3/t16-,17+. The van der Waals surface area contributed by atoms with Gasteiger partial charge in [-0.1, -0.05) is 12.1 Å². The molecular weight excluding hydrogens is 485 g/mol. The second-order valence-corrected chi connectivity index (χ2v) is 9.93. The van der Waals surface area contributed by atoms with E-state index in [4.69, 9.17) is 4.74 Å². The van der Waals surface area contributed by atoms with Crippen molar-refractivity contribution in [2.45, 2.75) is 45.5 Å². The average molecular weight is 517 g/mol. The van der Waals surface area contributed by atoms with Crippen LogP contribution in [0.15, 0.2) is 30.6 Å². The number of anilines is 1. The van der Waals surface area contributed by atoms with E-state index in [1.807, 2.05) is 20.0 Å². The van der Waals surface area contributed by atoms with Crippen LogP contribution in [-0.4, -0.2) is 76.7 Å². The molecule has 0 saturated carbocycles. The Balaban J connectivity index is 1.60. The van der Waals surface area contributed by atoms with Crippen molar-refractivity contribution in [2.24, 2.45) is 0 Å². The lowest BCUT2D eigenvalue weighted by Crippen LogP contribution is -2.56. The van der Waals surface area contributed by atoms with Crippen LogP contribution in [0, 0.1) is 6.92 Å². The topological polar surface area (TPSA) is 75.0 Å². The number of nitrogens with zero attached hydrogens (tertiary/aromatic N) is 5. The van der Waals surface area contributed by atoms with Crippen LogP contribution in [-0.2, 0) is 17.3 Å². The number of aromatic nitrogens is 3. The van der Waals surface area contributed by atoms with E-state index in [1.54, 1.807) is 21.6 Å². The lowest BCUT2D eigenvalue weighted by molar-refractivity contribution is -0.138. The lowest BCUT2D eigenvalue weighted by Gasteiger charge is -2.36. The molecule has 0 radical (unpaired) electrons. The molecular formula is C26H31F3N6O2. The highest BCUT2D eigenvalue weighted by molar-refractivity contribution is 5.94. The van der Waals surface area contributed by atoms with Crippen molar-refractivity contribution >= 4 is 17.4 Å². The van der Waals surface area contributed by atoms with Gasteiger partial charge in [0.1, 0.15) is 0 Å². The molecule has 0 bridgehead atoms. The number of morpholine rings is 1. The summed E-state index contributed by atoms with van der Waals surface area (Å²) in [7, 11) is 0. The predicted octanol–water partition coefficient (Wildman–Crippen LogP) is 3.31. The predicted molar refractivity (Wildman–Crippen MR) is 133 cm³/mol. The van der Waals surface area contributed by atoms with Crippen molar-refractivity contribution in [3.8, 4) is 0 Å². The van der Waals surface area contributed by atoms with Crippen LogP contribution < -0.4 is 10.2 Å². The number of alkyl halides is 3. The number of nitrogens with one attached hydrogen (secondary N) is 1. The highest BCUT2D eigenvalue weighted by atomic mass is 19.4. The molecule has 2 aliphatic rings. The molecule has 2 saturated heterocycles. The molecule has 2 aliphatic heterocycles. The van der Waals surface area contributed by atoms with Gasteiger partial charge >= 0.3 is 6.18 Å². The van der Waals surface area contributed by atoms with Crippen LogP contribution in [0.5, 0.6) is 0 Å². The zero-order valence-corrected chi connectivity index (χ0v) is 21.2. The summed E-state index contributed by atoms with van der Waals surface area (Å²) in [5, 5.41) is 3.41. The van der Waals surface area contributed by atoms with Crippen molar-refractivity contribution in [1.82, 2.24) is 24.6 Å². The van der Waals surface area contributed by atoms with Crippen LogP contribution in [0.2, 0.25) is 0 Å². The summed E-state index contributed by atoms with van der Waals surface area (Å²) in [5.41, 5.74) is 1.56. The molecule has 1 aromatic carbocycles. The van der Waals surface area contributed by atoms with Crippen molar-refractivity contribution in [3.05, 3.63) is 58.7 Å². The first-order chi connectivity index (χ1) is 17.6. The maximum atomic E-state index is 13.8. The fourth-order valence-corrected chi connectivity index (χ4v) is 5.30. The molecule has 0 unspecified atom stereocenters. The summed E-state index contributed by atoms with van der Waals surface area (Å²) >= 11 is 0. The summed E-state index contributed by atoms with van der Waals surface area (Å²) in [4.78, 5) is 26.8. The Hall–Kier alpha value is -3.18. The number of halogens is 3. The molecule has 2 atom stereocenters. The summed E-state index contributed by atoms with van der Waals surface area (Å²) in [6, 6.07) is 4.40. The van der Waals surface area contributed by atoms with Gasteiger partial charge in [0.2, 0.25) is 5.78 Å². The SMILES string of the molecule is Cc1c(Cc2c(C(=O)N3C[C@@H](C)N[C@@H](C)C3)nc3ncc(N4CCOCC4)cn23)cccc1C(F)(F)F. The fraction of sp³-hybridized carbons (Fsp3) is 0.500. The maximum Gasteiger partial charge on any atom is 0.416 e. The van der Waals surface area contributed by atoms with Crippen molar-refractivity contribution in [3.63, 3.8) is 0 Å². The highest BCUT2D eigenvalue weighted by Gasteiger charge is 2.34. The summed E-state index contributed by atoms with van der Waals surface area (Å²) < 4.78 is 48.1. The van der Waals surface area contributed by atoms with E-state index in [9.17, 15) is 18.0 Å². The van der Waals surface area contributed by atoms with Gasteiger partial charge in [-0.3, -0.25) is 9.20 Å². The first kappa shape index (κ1) is 25.5. The Morgan fingerprint density at radius 3 is 2.54 bits per heavy atom. The molecule has 8 nitrogen and oxygen atoms in total. The van der Waals surface area contributed by atoms with Crippen LogP contribution in [0.3, 0.4) is 0 Å². The van der Waals surface area contributed by atoms with E-state index in [1.165, 1.54) is 13.0 Å². The van der Waals surface area contributed by atoms with E-state index >= 15 is 0 Å². The van der Waals surface area contributed by atoms with Crippen molar-refractivity contribution in [2.75, 3.05) is 44.3 Å². The van der Waals surface area contributed by atoms with Crippen LogP contribution >= 0.6 is 0 Å². The fourth-order valence-electron chi connectivity index (χ4n) is 5.30. The maximum absolute atomic E-state index is 13.8. The smallest absolute Gasteiger partial charge is 0.378 e. The number of rotatable bonds is 4. The molecule has 198 valence electrons. The molecule has 4 heterocycles. The number of fused-ring (bicyclic) bond motifs is 1. The molecule has 0 spiro atoms. The Bertz CT molecular complexity index is 1290. The third kappa shape index (κ3) is 5.15. The average Bonchev–Trinajstić information content (AvgIpc) is 3.21. The van der Waals surface area contributed by atoms with Gasteiger partial charge < -0.3 is 19.9 Å². The van der Waals surface area contributed by atoms with Gasteiger partial charge in [0.05, 0.1) is 36.4 Å². The number of piperazine rings is 1. The molecule has 5 rings (SSSR count). The Morgan fingerprint density at radius 2 is 1.86 bits per heavy atom. The van der Waals surface area contributed by atoms with E-state index < -0.39 is 11.7 Å². The molecule has 2 fully saturated rings. The third-order valence-corrected chi connectivity index (χ3v) is 7.10. The van der Waals surface area contributed by atoms with Gasteiger partial charge in [0.25, 0.3) is 5.91 Å². The number of benzene rings is 1. The quantitative estimate of drug-likeness (QED) is 0.574. The van der Waals surface area contributed by atoms with Gasteiger partial charge in [-0.2, -0.15) is 13.2 Å². The minimum Gasteiger partial charge on any atom is -0.378 e. The van der Waals surface area contributed by atoms with Crippen molar-refractivity contribution in [1.29, 1.82) is 0 Å². The van der Waals surface area contributed by atoms with Crippen LogP contribution in [0.4, 0.5) is 18.9 Å². The van der Waals surface area contributed by atoms with E-state index in [2.05, 4.69) is 20.2 Å². The molecule has 0 aliphatic carbocycles. The zero-order chi connectivity index (χ0) is 26.3. The van der Waals surface area contributed by atoms with Gasteiger partial charge in [-0.05, 0) is 38.0 Å². The molecule has 37 heavy (non-hydrogen) atoms. The number of ether oxygens (including phenoxy) is 1. The summed E-state index contributed by atoms with van der Waals surface area (Å²) in [5.74, 6) is 0.106. The number of hydrogen-bond acceptors (Lipinski definition) is 6. The second kappa shape index (κ2) is 9.94. The largest absolute Gasteiger partial charge is 0.416 e. The molecule has 11 heteroatoms. The van der Waals surface area contributed by atoms with Gasteiger partial charge in [-0.25, -0.2) is 9.97 Å². The molecule has 2 aromatic heterocycles. The minimum absolute atomic E-state index is 0.115. The highest BCUT2D eigenvalue weighted by Crippen LogP contribution is 2.34. The number of carbonyl (C=O) groups is 1. The van der Waals surface area contributed by atoms with E-state index in [0.29, 0.717) is 56.4 Å². The first-order valence-corrected chi connectivity index (χ1v) is 12.5. The lowest BCUT2D eigenvalue weighted by atomic mass is 9.97. The number of amides is 1. The van der Waals surface area contributed by atoms with Gasteiger partial charge in [-0.15, -0.1) is 0 Å². The number of hydrogen-bond donors (Lipinski definition) is 1. The third-order valence-electron chi connectivity index (χ3n) is 7.10.